The normalized spacial score (nSPS) is 22.3. The SMILES string of the molecule is C/C=C(\COC(=O)[C@H]1CCC[C@@H]1C)CO[Si](C(C)C)(C(C)C)C(C)C. The molecule has 0 N–H and O–H groups in total. The van der Waals surface area contributed by atoms with Crippen molar-refractivity contribution in [3.8, 4) is 0 Å². The lowest BCUT2D eigenvalue weighted by Crippen LogP contribution is -2.48. The van der Waals surface area contributed by atoms with Gasteiger partial charge >= 0.3 is 5.97 Å². The second-order valence-corrected chi connectivity index (χ2v) is 14.1. The molecule has 1 aliphatic carbocycles. The highest BCUT2D eigenvalue weighted by molar-refractivity contribution is 6.77. The van der Waals surface area contributed by atoms with Crippen LogP contribution in [0, 0.1) is 11.8 Å². The van der Waals surface area contributed by atoms with Gasteiger partial charge in [0.05, 0.1) is 12.5 Å². The molecule has 0 bridgehead atoms. The number of esters is 1. The highest BCUT2D eigenvalue weighted by atomic mass is 28.4. The smallest absolute Gasteiger partial charge is 0.309 e. The fourth-order valence-corrected chi connectivity index (χ4v) is 10.1. The Balaban J connectivity index is 2.64. The molecule has 0 radical (unpaired) electrons. The van der Waals surface area contributed by atoms with Gasteiger partial charge in [-0.2, -0.15) is 0 Å². The summed E-state index contributed by atoms with van der Waals surface area (Å²) in [7, 11) is -1.88. The van der Waals surface area contributed by atoms with Gasteiger partial charge in [0.1, 0.15) is 6.61 Å². The molecule has 0 spiro atoms. The number of carbonyl (C=O) groups excluding carboxylic acids is 1. The van der Waals surface area contributed by atoms with Gasteiger partial charge in [0.2, 0.25) is 8.32 Å². The molecule has 1 saturated carbocycles. The summed E-state index contributed by atoms with van der Waals surface area (Å²) in [6, 6.07) is 0. The molecular weight excluding hydrogens is 328 g/mol. The molecule has 146 valence electrons. The van der Waals surface area contributed by atoms with Gasteiger partial charge in [-0.15, -0.1) is 0 Å². The first-order valence-corrected chi connectivity index (χ1v) is 12.2. The van der Waals surface area contributed by atoms with Gasteiger partial charge in [-0.25, -0.2) is 0 Å². The van der Waals surface area contributed by atoms with Crippen LogP contribution in [-0.2, 0) is 14.0 Å². The molecule has 0 aromatic rings. The minimum absolute atomic E-state index is 0.0237. The summed E-state index contributed by atoms with van der Waals surface area (Å²) in [6.07, 6.45) is 5.31. The molecule has 1 rings (SSSR count). The molecule has 1 aliphatic rings. The van der Waals surface area contributed by atoms with E-state index < -0.39 is 8.32 Å². The highest BCUT2D eigenvalue weighted by Gasteiger charge is 2.45. The monoisotopic (exact) mass is 368 g/mol. The Morgan fingerprint density at radius 1 is 1.04 bits per heavy atom. The minimum atomic E-state index is -1.88. The summed E-state index contributed by atoms with van der Waals surface area (Å²) in [5.74, 6) is 0.527. The largest absolute Gasteiger partial charge is 0.461 e. The van der Waals surface area contributed by atoms with Gasteiger partial charge in [-0.05, 0) is 47.9 Å². The predicted octanol–water partition coefficient (Wildman–Crippen LogP) is 6.10. The molecule has 25 heavy (non-hydrogen) atoms. The summed E-state index contributed by atoms with van der Waals surface area (Å²) >= 11 is 0. The van der Waals surface area contributed by atoms with Crippen molar-refractivity contribution in [1.29, 1.82) is 0 Å². The average Bonchev–Trinajstić information content (AvgIpc) is 2.95. The molecule has 0 aliphatic heterocycles. The van der Waals surface area contributed by atoms with Gasteiger partial charge in [-0.1, -0.05) is 61.0 Å². The van der Waals surface area contributed by atoms with Crippen LogP contribution >= 0.6 is 0 Å². The second kappa shape index (κ2) is 9.91. The van der Waals surface area contributed by atoms with E-state index in [2.05, 4.69) is 48.5 Å². The zero-order valence-corrected chi connectivity index (χ0v) is 18.7. The van der Waals surface area contributed by atoms with Crippen molar-refractivity contribution in [2.75, 3.05) is 13.2 Å². The first-order valence-electron chi connectivity index (χ1n) is 10.1. The van der Waals surface area contributed by atoms with Crippen molar-refractivity contribution >= 4 is 14.3 Å². The van der Waals surface area contributed by atoms with Crippen molar-refractivity contribution in [2.24, 2.45) is 11.8 Å². The molecule has 0 unspecified atom stereocenters. The highest BCUT2D eigenvalue weighted by Crippen LogP contribution is 2.42. The van der Waals surface area contributed by atoms with Gasteiger partial charge in [0.15, 0.2) is 0 Å². The van der Waals surface area contributed by atoms with E-state index in [0.717, 1.165) is 24.8 Å². The van der Waals surface area contributed by atoms with Crippen LogP contribution in [0.4, 0.5) is 0 Å². The maximum absolute atomic E-state index is 12.3. The molecule has 4 heteroatoms. The van der Waals surface area contributed by atoms with Gasteiger partial charge < -0.3 is 9.16 Å². The number of carbonyl (C=O) groups is 1. The third-order valence-corrected chi connectivity index (χ3v) is 12.2. The van der Waals surface area contributed by atoms with Crippen LogP contribution in [0.2, 0.25) is 16.6 Å². The molecule has 0 aromatic heterocycles. The van der Waals surface area contributed by atoms with E-state index in [0.29, 0.717) is 35.8 Å². The third-order valence-electron chi connectivity index (χ3n) is 6.19. The summed E-state index contributed by atoms with van der Waals surface area (Å²) < 4.78 is 12.2. The summed E-state index contributed by atoms with van der Waals surface area (Å²) in [5, 5.41) is 0. The quantitative estimate of drug-likeness (QED) is 0.280. The summed E-state index contributed by atoms with van der Waals surface area (Å²) in [6.45, 7) is 18.9. The van der Waals surface area contributed by atoms with E-state index in [-0.39, 0.29) is 11.9 Å². The first kappa shape index (κ1) is 22.4. The van der Waals surface area contributed by atoms with Crippen LogP contribution in [0.3, 0.4) is 0 Å². The van der Waals surface area contributed by atoms with Crippen molar-refractivity contribution in [2.45, 2.75) is 91.3 Å². The van der Waals surface area contributed by atoms with E-state index in [4.69, 9.17) is 9.16 Å². The molecule has 1 fully saturated rings. The molecule has 0 amide bonds. The fourth-order valence-electron chi connectivity index (χ4n) is 4.69. The zero-order valence-electron chi connectivity index (χ0n) is 17.7. The van der Waals surface area contributed by atoms with Crippen LogP contribution < -0.4 is 0 Å². The van der Waals surface area contributed by atoms with Crippen molar-refractivity contribution in [3.63, 3.8) is 0 Å². The lowest BCUT2D eigenvalue weighted by atomic mass is 9.99. The maximum Gasteiger partial charge on any atom is 0.309 e. The molecule has 0 aromatic carbocycles. The first-order chi connectivity index (χ1) is 11.7. The summed E-state index contributed by atoms with van der Waals surface area (Å²) in [4.78, 5) is 12.3. The maximum atomic E-state index is 12.3. The lowest BCUT2D eigenvalue weighted by molar-refractivity contribution is -0.148. The van der Waals surface area contributed by atoms with Gasteiger partial charge in [-0.3, -0.25) is 4.79 Å². The van der Waals surface area contributed by atoms with Crippen LogP contribution in [0.5, 0.6) is 0 Å². The van der Waals surface area contributed by atoms with E-state index in [9.17, 15) is 4.79 Å². The predicted molar refractivity (Wildman–Crippen MR) is 108 cm³/mol. The topological polar surface area (TPSA) is 35.5 Å². The minimum Gasteiger partial charge on any atom is -0.461 e. The third kappa shape index (κ3) is 5.43. The van der Waals surface area contributed by atoms with Crippen LogP contribution in [0.1, 0.15) is 74.7 Å². The Morgan fingerprint density at radius 3 is 2.00 bits per heavy atom. The molecule has 0 saturated heterocycles. The molecule has 3 nitrogen and oxygen atoms in total. The van der Waals surface area contributed by atoms with Crippen LogP contribution in [0.15, 0.2) is 11.6 Å². The number of hydrogen-bond acceptors (Lipinski definition) is 3. The Bertz CT molecular complexity index is 432. The number of ether oxygens (including phenoxy) is 1. The van der Waals surface area contributed by atoms with Crippen molar-refractivity contribution in [3.05, 3.63) is 11.6 Å². The average molecular weight is 369 g/mol. The van der Waals surface area contributed by atoms with E-state index in [1.807, 2.05) is 13.0 Å². The summed E-state index contributed by atoms with van der Waals surface area (Å²) in [5.41, 5.74) is 2.77. The van der Waals surface area contributed by atoms with E-state index in [1.54, 1.807) is 0 Å². The second-order valence-electron chi connectivity index (χ2n) is 8.68. The standard InChI is InChI=1S/C21H40O3Si/c1-9-19(13-23-21(22)20-12-10-11-18(20)8)14-24-25(15(2)3,16(4)5)17(6)7/h9,15-18,20H,10-14H2,1-8H3/b19-9+/t18-,20-/m0/s1. The Morgan fingerprint density at radius 2 is 1.60 bits per heavy atom. The Hall–Kier alpha value is -0.613. The van der Waals surface area contributed by atoms with Crippen LogP contribution in [0.25, 0.3) is 0 Å². The van der Waals surface area contributed by atoms with Crippen molar-refractivity contribution in [1.82, 2.24) is 0 Å². The van der Waals surface area contributed by atoms with Gasteiger partial charge in [0, 0.05) is 0 Å². The Labute approximate surface area is 156 Å². The fraction of sp³-hybridized carbons (Fsp3) is 0.857. The number of hydrogen-bond donors (Lipinski definition) is 0. The molecule has 0 heterocycles. The van der Waals surface area contributed by atoms with Gasteiger partial charge in [0.25, 0.3) is 0 Å². The molecule has 2 atom stereocenters. The zero-order chi connectivity index (χ0) is 19.2. The number of allylic oxidation sites excluding steroid dienone is 1. The van der Waals surface area contributed by atoms with E-state index in [1.165, 1.54) is 0 Å². The van der Waals surface area contributed by atoms with Crippen molar-refractivity contribution < 1.29 is 14.0 Å². The van der Waals surface area contributed by atoms with E-state index >= 15 is 0 Å². The lowest BCUT2D eigenvalue weighted by Gasteiger charge is -2.42. The Kier molecular flexibility index (Phi) is 8.89. The number of rotatable bonds is 9. The molecular formula is C21H40O3Si. The van der Waals surface area contributed by atoms with Crippen LogP contribution in [-0.4, -0.2) is 27.5 Å².